The zero-order valence-corrected chi connectivity index (χ0v) is 23.3. The predicted octanol–water partition coefficient (Wildman–Crippen LogP) is 5.41. The number of anilines is 2. The van der Waals surface area contributed by atoms with Gasteiger partial charge in [-0.1, -0.05) is 6.07 Å². The van der Waals surface area contributed by atoms with Gasteiger partial charge in [-0.2, -0.15) is 0 Å². The minimum Gasteiger partial charge on any atom is -0.490 e. The van der Waals surface area contributed by atoms with E-state index >= 15 is 0 Å². The lowest BCUT2D eigenvalue weighted by molar-refractivity contribution is -0.124. The van der Waals surface area contributed by atoms with Gasteiger partial charge in [0.1, 0.15) is 5.82 Å². The number of nitrogens with zero attached hydrogens (tertiary/aromatic N) is 2. The van der Waals surface area contributed by atoms with Gasteiger partial charge in [0, 0.05) is 43.5 Å². The number of fused-ring (bicyclic) bond motifs is 1. The molecule has 3 aromatic rings. The van der Waals surface area contributed by atoms with Crippen LogP contribution in [0.3, 0.4) is 0 Å². The standard InChI is InChI=1S/C31H40N4O4/c1-4-38-27-12-9-23(20-28(27)39-5-2)15-16-32-30(36)13-14-31(37)33-24-10-11-26-25(21-24)22(3)19-29(34-26)35-17-7-6-8-18-35/h9-12,19-21H,4-8,13-18H2,1-3H3,(H,32,36)(H,33,37). The molecule has 39 heavy (non-hydrogen) atoms. The van der Waals surface area contributed by atoms with Gasteiger partial charge in [0.2, 0.25) is 11.8 Å². The summed E-state index contributed by atoms with van der Waals surface area (Å²) in [5, 5.41) is 6.85. The summed E-state index contributed by atoms with van der Waals surface area (Å²) in [6.07, 6.45) is 4.61. The fraction of sp³-hybridized carbons (Fsp3) is 0.452. The zero-order chi connectivity index (χ0) is 27.6. The molecule has 2 N–H and O–H groups in total. The van der Waals surface area contributed by atoms with Crippen LogP contribution >= 0.6 is 0 Å². The predicted molar refractivity (Wildman–Crippen MR) is 156 cm³/mol. The van der Waals surface area contributed by atoms with E-state index in [0.29, 0.717) is 37.6 Å². The summed E-state index contributed by atoms with van der Waals surface area (Å²) in [4.78, 5) is 32.1. The van der Waals surface area contributed by atoms with E-state index in [1.165, 1.54) is 19.3 Å². The highest BCUT2D eigenvalue weighted by Crippen LogP contribution is 2.29. The fourth-order valence-electron chi connectivity index (χ4n) is 4.88. The van der Waals surface area contributed by atoms with Crippen molar-refractivity contribution in [3.63, 3.8) is 0 Å². The Morgan fingerprint density at radius 1 is 0.897 bits per heavy atom. The number of nitrogens with one attached hydrogen (secondary N) is 2. The number of rotatable bonds is 12. The van der Waals surface area contributed by atoms with E-state index in [4.69, 9.17) is 14.5 Å². The van der Waals surface area contributed by atoms with Gasteiger partial charge in [0.05, 0.1) is 18.7 Å². The van der Waals surface area contributed by atoms with Crippen molar-refractivity contribution >= 4 is 34.2 Å². The Bertz CT molecular complexity index is 1290. The molecule has 8 heteroatoms. The second kappa shape index (κ2) is 13.8. The average Bonchev–Trinajstić information content (AvgIpc) is 2.94. The normalized spacial score (nSPS) is 13.3. The van der Waals surface area contributed by atoms with E-state index in [-0.39, 0.29) is 24.7 Å². The summed E-state index contributed by atoms with van der Waals surface area (Å²) >= 11 is 0. The molecular weight excluding hydrogens is 492 g/mol. The fourth-order valence-corrected chi connectivity index (χ4v) is 4.88. The van der Waals surface area contributed by atoms with Crippen molar-refractivity contribution in [1.82, 2.24) is 10.3 Å². The monoisotopic (exact) mass is 532 g/mol. The lowest BCUT2D eigenvalue weighted by atomic mass is 10.1. The van der Waals surface area contributed by atoms with E-state index in [1.54, 1.807) is 0 Å². The first-order chi connectivity index (χ1) is 19.0. The lowest BCUT2D eigenvalue weighted by Crippen LogP contribution is -2.30. The maximum absolute atomic E-state index is 12.5. The number of piperidine rings is 1. The van der Waals surface area contributed by atoms with Crippen LogP contribution in [0.2, 0.25) is 0 Å². The minimum absolute atomic E-state index is 0.118. The number of ether oxygens (including phenoxy) is 2. The highest BCUT2D eigenvalue weighted by atomic mass is 16.5. The number of carbonyl (C=O) groups excluding carboxylic acids is 2. The van der Waals surface area contributed by atoms with Gasteiger partial charge in [0.15, 0.2) is 11.5 Å². The third kappa shape index (κ3) is 7.85. The van der Waals surface area contributed by atoms with Gasteiger partial charge in [-0.3, -0.25) is 9.59 Å². The van der Waals surface area contributed by atoms with Gasteiger partial charge < -0.3 is 25.0 Å². The van der Waals surface area contributed by atoms with Crippen molar-refractivity contribution in [1.29, 1.82) is 0 Å². The van der Waals surface area contributed by atoms with E-state index < -0.39 is 0 Å². The molecule has 1 aromatic heterocycles. The van der Waals surface area contributed by atoms with Crippen LogP contribution in [0.1, 0.15) is 57.1 Å². The van der Waals surface area contributed by atoms with Gasteiger partial charge >= 0.3 is 0 Å². The molecule has 1 saturated heterocycles. The maximum Gasteiger partial charge on any atom is 0.224 e. The number of hydrogen-bond donors (Lipinski definition) is 2. The van der Waals surface area contributed by atoms with Crippen LogP contribution in [0.25, 0.3) is 10.9 Å². The third-order valence-corrected chi connectivity index (χ3v) is 6.89. The van der Waals surface area contributed by atoms with Crippen LogP contribution in [0, 0.1) is 6.92 Å². The van der Waals surface area contributed by atoms with Crippen molar-refractivity contribution < 1.29 is 19.1 Å². The van der Waals surface area contributed by atoms with Gasteiger partial charge in [0.25, 0.3) is 0 Å². The number of aromatic nitrogens is 1. The molecule has 0 saturated carbocycles. The lowest BCUT2D eigenvalue weighted by Gasteiger charge is -2.28. The number of hydrogen-bond acceptors (Lipinski definition) is 6. The van der Waals surface area contributed by atoms with Crippen LogP contribution in [0.5, 0.6) is 11.5 Å². The smallest absolute Gasteiger partial charge is 0.224 e. The third-order valence-electron chi connectivity index (χ3n) is 6.89. The first-order valence-electron chi connectivity index (χ1n) is 14.1. The molecule has 0 aliphatic carbocycles. The average molecular weight is 533 g/mol. The second-order valence-corrected chi connectivity index (χ2v) is 9.87. The first-order valence-corrected chi connectivity index (χ1v) is 14.1. The topological polar surface area (TPSA) is 92.8 Å². The summed E-state index contributed by atoms with van der Waals surface area (Å²) in [5.74, 6) is 2.12. The Labute approximate surface area is 231 Å². The molecular formula is C31H40N4O4. The maximum atomic E-state index is 12.5. The summed E-state index contributed by atoms with van der Waals surface area (Å²) in [5.41, 5.74) is 3.82. The van der Waals surface area contributed by atoms with E-state index in [0.717, 1.165) is 46.7 Å². The Morgan fingerprint density at radius 3 is 2.41 bits per heavy atom. The molecule has 2 amide bonds. The highest BCUT2D eigenvalue weighted by Gasteiger charge is 2.15. The van der Waals surface area contributed by atoms with Crippen LogP contribution in [0.4, 0.5) is 11.5 Å². The van der Waals surface area contributed by atoms with E-state index in [2.05, 4.69) is 28.5 Å². The van der Waals surface area contributed by atoms with Crippen LogP contribution in [0.15, 0.2) is 42.5 Å². The van der Waals surface area contributed by atoms with Crippen molar-refractivity contribution in [2.24, 2.45) is 0 Å². The number of amides is 2. The summed E-state index contributed by atoms with van der Waals surface area (Å²) in [6.45, 7) is 9.66. The Morgan fingerprint density at radius 2 is 1.64 bits per heavy atom. The van der Waals surface area contributed by atoms with E-state index in [1.807, 2.05) is 50.2 Å². The molecule has 1 aliphatic rings. The Kier molecular flexibility index (Phi) is 10.00. The molecule has 0 bridgehead atoms. The second-order valence-electron chi connectivity index (χ2n) is 9.87. The molecule has 8 nitrogen and oxygen atoms in total. The largest absolute Gasteiger partial charge is 0.490 e. The summed E-state index contributed by atoms with van der Waals surface area (Å²) in [6, 6.07) is 13.7. The van der Waals surface area contributed by atoms with Gasteiger partial charge in [-0.15, -0.1) is 0 Å². The Hall–Kier alpha value is -3.81. The van der Waals surface area contributed by atoms with Gasteiger partial charge in [-0.25, -0.2) is 4.98 Å². The molecule has 0 atom stereocenters. The Balaban J connectivity index is 1.24. The number of benzene rings is 2. The molecule has 0 spiro atoms. The zero-order valence-electron chi connectivity index (χ0n) is 23.3. The molecule has 208 valence electrons. The highest BCUT2D eigenvalue weighted by molar-refractivity contribution is 5.96. The van der Waals surface area contributed by atoms with Crippen molar-refractivity contribution in [3.8, 4) is 11.5 Å². The van der Waals surface area contributed by atoms with Gasteiger partial charge in [-0.05, 0) is 94.0 Å². The summed E-state index contributed by atoms with van der Waals surface area (Å²) < 4.78 is 11.3. The first kappa shape index (κ1) is 28.2. The number of aryl methyl sites for hydroxylation is 1. The summed E-state index contributed by atoms with van der Waals surface area (Å²) in [7, 11) is 0. The van der Waals surface area contributed by atoms with Crippen LogP contribution in [-0.4, -0.2) is 49.6 Å². The molecule has 2 heterocycles. The van der Waals surface area contributed by atoms with Crippen LogP contribution in [-0.2, 0) is 16.0 Å². The molecule has 4 rings (SSSR count). The van der Waals surface area contributed by atoms with Crippen molar-refractivity contribution in [2.75, 3.05) is 43.1 Å². The molecule has 2 aromatic carbocycles. The molecule has 1 aliphatic heterocycles. The van der Waals surface area contributed by atoms with Crippen LogP contribution < -0.4 is 25.0 Å². The SMILES string of the molecule is CCOc1ccc(CCNC(=O)CCC(=O)Nc2ccc3nc(N4CCCCC4)cc(C)c3c2)cc1OCC. The molecule has 1 fully saturated rings. The minimum atomic E-state index is -0.187. The molecule has 0 radical (unpaired) electrons. The number of carbonyl (C=O) groups is 2. The quantitative estimate of drug-likeness (QED) is 0.324. The number of pyridine rings is 1. The van der Waals surface area contributed by atoms with Crippen molar-refractivity contribution in [2.45, 2.75) is 59.3 Å². The van der Waals surface area contributed by atoms with Crippen molar-refractivity contribution in [3.05, 3.63) is 53.6 Å². The van der Waals surface area contributed by atoms with E-state index in [9.17, 15) is 9.59 Å². The molecule has 0 unspecified atom stereocenters.